The van der Waals surface area contributed by atoms with Crippen molar-refractivity contribution in [2.24, 2.45) is 0 Å². The number of aryl methyl sites for hydroxylation is 1. The van der Waals surface area contributed by atoms with Gasteiger partial charge >= 0.3 is 0 Å². The Morgan fingerprint density at radius 3 is 2.86 bits per heavy atom. The highest BCUT2D eigenvalue weighted by Gasteiger charge is 2.04. The van der Waals surface area contributed by atoms with Gasteiger partial charge in [0.2, 0.25) is 0 Å². The number of nitrogen functional groups attached to an aromatic ring is 1. The van der Waals surface area contributed by atoms with E-state index in [2.05, 4.69) is 11.9 Å². The van der Waals surface area contributed by atoms with Crippen molar-refractivity contribution in [2.75, 3.05) is 12.3 Å². The Labute approximate surface area is 83.6 Å². The van der Waals surface area contributed by atoms with E-state index in [0.717, 1.165) is 5.56 Å². The second kappa shape index (κ2) is 4.46. The van der Waals surface area contributed by atoms with Gasteiger partial charge < -0.3 is 11.1 Å². The molecule has 1 aromatic rings. The first-order chi connectivity index (χ1) is 6.63. The van der Waals surface area contributed by atoms with E-state index < -0.39 is 0 Å². The van der Waals surface area contributed by atoms with Crippen LogP contribution in [0, 0.1) is 6.92 Å². The Morgan fingerprint density at radius 1 is 1.57 bits per heavy atom. The molecule has 1 aromatic carbocycles. The van der Waals surface area contributed by atoms with Crippen molar-refractivity contribution in [2.45, 2.75) is 6.92 Å². The smallest absolute Gasteiger partial charge is 0.251 e. The van der Waals surface area contributed by atoms with Crippen LogP contribution in [0.1, 0.15) is 15.9 Å². The number of benzene rings is 1. The van der Waals surface area contributed by atoms with Crippen LogP contribution in [0.4, 0.5) is 5.69 Å². The summed E-state index contributed by atoms with van der Waals surface area (Å²) in [5.41, 5.74) is 7.80. The van der Waals surface area contributed by atoms with E-state index in [1.54, 1.807) is 18.2 Å². The number of nitrogens with one attached hydrogen (secondary N) is 1. The predicted molar refractivity (Wildman–Crippen MR) is 58.1 cm³/mol. The Hall–Kier alpha value is -1.77. The van der Waals surface area contributed by atoms with Crippen LogP contribution in [0.5, 0.6) is 0 Å². The summed E-state index contributed by atoms with van der Waals surface area (Å²) in [5.74, 6) is -0.125. The van der Waals surface area contributed by atoms with E-state index >= 15 is 0 Å². The van der Waals surface area contributed by atoms with Crippen molar-refractivity contribution in [3.05, 3.63) is 42.0 Å². The maximum Gasteiger partial charge on any atom is 0.251 e. The molecular formula is C11H14N2O. The zero-order valence-corrected chi connectivity index (χ0v) is 8.21. The fourth-order valence-corrected chi connectivity index (χ4v) is 1.21. The van der Waals surface area contributed by atoms with E-state index in [1.165, 1.54) is 0 Å². The number of hydrogen-bond donors (Lipinski definition) is 2. The number of amides is 1. The van der Waals surface area contributed by atoms with Gasteiger partial charge in [-0.15, -0.1) is 6.58 Å². The van der Waals surface area contributed by atoms with Crippen molar-refractivity contribution in [3.63, 3.8) is 0 Å². The summed E-state index contributed by atoms with van der Waals surface area (Å²) in [7, 11) is 0. The van der Waals surface area contributed by atoms with Crippen LogP contribution in [0.25, 0.3) is 0 Å². The van der Waals surface area contributed by atoms with Crippen LogP contribution >= 0.6 is 0 Å². The Balaban J connectivity index is 2.84. The van der Waals surface area contributed by atoms with E-state index in [9.17, 15) is 4.79 Å². The van der Waals surface area contributed by atoms with Gasteiger partial charge in [-0.1, -0.05) is 6.08 Å². The standard InChI is InChI=1S/C11H14N2O/c1-3-4-13-11(14)9-5-8(2)6-10(12)7-9/h3,5-7H,1,4,12H2,2H3,(H,13,14). The Morgan fingerprint density at radius 2 is 2.29 bits per heavy atom. The zero-order valence-electron chi connectivity index (χ0n) is 8.21. The molecule has 0 aliphatic rings. The van der Waals surface area contributed by atoms with E-state index in [1.807, 2.05) is 13.0 Å². The average molecular weight is 190 g/mol. The first-order valence-corrected chi connectivity index (χ1v) is 4.39. The van der Waals surface area contributed by atoms with Gasteiger partial charge in [0.05, 0.1) is 0 Å². The quantitative estimate of drug-likeness (QED) is 0.560. The molecule has 0 spiro atoms. The summed E-state index contributed by atoms with van der Waals surface area (Å²) in [6, 6.07) is 5.28. The lowest BCUT2D eigenvalue weighted by atomic mass is 10.1. The minimum Gasteiger partial charge on any atom is -0.399 e. The van der Waals surface area contributed by atoms with Crippen LogP contribution in [0.3, 0.4) is 0 Å². The summed E-state index contributed by atoms with van der Waals surface area (Å²) in [4.78, 5) is 11.5. The van der Waals surface area contributed by atoms with Gasteiger partial charge in [-0.05, 0) is 30.7 Å². The number of carbonyl (C=O) groups excluding carboxylic acids is 1. The number of anilines is 1. The maximum absolute atomic E-state index is 11.5. The van der Waals surface area contributed by atoms with Gasteiger partial charge in [-0.3, -0.25) is 4.79 Å². The summed E-state index contributed by atoms with van der Waals surface area (Å²) >= 11 is 0. The van der Waals surface area contributed by atoms with Crippen LogP contribution in [0.2, 0.25) is 0 Å². The lowest BCUT2D eigenvalue weighted by Crippen LogP contribution is -2.23. The summed E-state index contributed by atoms with van der Waals surface area (Å²) < 4.78 is 0. The molecule has 0 atom stereocenters. The molecule has 3 nitrogen and oxygen atoms in total. The summed E-state index contributed by atoms with van der Waals surface area (Å²) in [6.07, 6.45) is 1.64. The third-order valence-electron chi connectivity index (χ3n) is 1.77. The highest BCUT2D eigenvalue weighted by molar-refractivity contribution is 5.95. The van der Waals surface area contributed by atoms with Gasteiger partial charge in [0.25, 0.3) is 5.91 Å². The molecule has 1 rings (SSSR count). The molecule has 74 valence electrons. The molecule has 0 bridgehead atoms. The second-order valence-electron chi connectivity index (χ2n) is 3.13. The molecule has 3 N–H and O–H groups in total. The number of hydrogen-bond acceptors (Lipinski definition) is 2. The fourth-order valence-electron chi connectivity index (χ4n) is 1.21. The average Bonchev–Trinajstić information content (AvgIpc) is 2.12. The van der Waals surface area contributed by atoms with Gasteiger partial charge in [-0.2, -0.15) is 0 Å². The normalized spacial score (nSPS) is 9.50. The van der Waals surface area contributed by atoms with Crippen LogP contribution in [-0.2, 0) is 0 Å². The minimum atomic E-state index is -0.125. The molecule has 3 heteroatoms. The number of rotatable bonds is 3. The molecule has 0 aliphatic carbocycles. The largest absolute Gasteiger partial charge is 0.399 e. The molecule has 1 amide bonds. The van der Waals surface area contributed by atoms with E-state index in [4.69, 9.17) is 5.73 Å². The fraction of sp³-hybridized carbons (Fsp3) is 0.182. The highest BCUT2D eigenvalue weighted by Crippen LogP contribution is 2.10. The lowest BCUT2D eigenvalue weighted by Gasteiger charge is -2.04. The van der Waals surface area contributed by atoms with Gasteiger partial charge in [0.15, 0.2) is 0 Å². The number of nitrogens with two attached hydrogens (primary N) is 1. The zero-order chi connectivity index (χ0) is 10.6. The minimum absolute atomic E-state index is 0.125. The van der Waals surface area contributed by atoms with Crippen molar-refractivity contribution >= 4 is 11.6 Å². The predicted octanol–water partition coefficient (Wildman–Crippen LogP) is 1.49. The summed E-state index contributed by atoms with van der Waals surface area (Å²) in [5, 5.41) is 2.69. The number of carbonyl (C=O) groups is 1. The van der Waals surface area contributed by atoms with E-state index in [-0.39, 0.29) is 5.91 Å². The molecular weight excluding hydrogens is 176 g/mol. The van der Waals surface area contributed by atoms with Crippen LogP contribution in [-0.4, -0.2) is 12.5 Å². The first kappa shape index (κ1) is 10.3. The van der Waals surface area contributed by atoms with Crippen molar-refractivity contribution in [3.8, 4) is 0 Å². The molecule has 0 unspecified atom stereocenters. The maximum atomic E-state index is 11.5. The second-order valence-corrected chi connectivity index (χ2v) is 3.13. The van der Waals surface area contributed by atoms with Gasteiger partial charge in [0.1, 0.15) is 0 Å². The highest BCUT2D eigenvalue weighted by atomic mass is 16.1. The molecule has 0 aliphatic heterocycles. The lowest BCUT2D eigenvalue weighted by molar-refractivity contribution is 0.0958. The molecule has 0 aromatic heterocycles. The van der Waals surface area contributed by atoms with Crippen LogP contribution < -0.4 is 11.1 Å². The molecule has 0 saturated carbocycles. The molecule has 0 radical (unpaired) electrons. The molecule has 0 fully saturated rings. The SMILES string of the molecule is C=CCNC(=O)c1cc(C)cc(N)c1. The Kier molecular flexibility index (Phi) is 3.29. The summed E-state index contributed by atoms with van der Waals surface area (Å²) in [6.45, 7) is 5.89. The molecule has 0 saturated heterocycles. The molecule has 0 heterocycles. The Bertz CT molecular complexity index is 338. The monoisotopic (exact) mass is 190 g/mol. The topological polar surface area (TPSA) is 55.1 Å². The van der Waals surface area contributed by atoms with Crippen molar-refractivity contribution < 1.29 is 4.79 Å². The van der Waals surface area contributed by atoms with Crippen LogP contribution in [0.15, 0.2) is 30.9 Å². The molecule has 14 heavy (non-hydrogen) atoms. The van der Waals surface area contributed by atoms with E-state index in [0.29, 0.717) is 17.8 Å². The van der Waals surface area contributed by atoms with Gasteiger partial charge in [0, 0.05) is 17.8 Å². The van der Waals surface area contributed by atoms with Crippen molar-refractivity contribution in [1.82, 2.24) is 5.32 Å². The van der Waals surface area contributed by atoms with Gasteiger partial charge in [-0.25, -0.2) is 0 Å². The third-order valence-corrected chi connectivity index (χ3v) is 1.77. The van der Waals surface area contributed by atoms with Crippen molar-refractivity contribution in [1.29, 1.82) is 0 Å². The third kappa shape index (κ3) is 2.62. The first-order valence-electron chi connectivity index (χ1n) is 4.39.